The zero-order chi connectivity index (χ0) is 17.4. The van der Waals surface area contributed by atoms with Gasteiger partial charge in [0.25, 0.3) is 0 Å². The molecule has 0 spiro atoms. The summed E-state index contributed by atoms with van der Waals surface area (Å²) in [5.74, 6) is 0.867. The Balaban J connectivity index is 0.000000163. The zero-order valence-corrected chi connectivity index (χ0v) is 15.8. The van der Waals surface area contributed by atoms with Crippen LogP contribution in [0, 0.1) is 5.92 Å². The summed E-state index contributed by atoms with van der Waals surface area (Å²) in [6, 6.07) is 9.37. The quantitative estimate of drug-likeness (QED) is 0.606. The van der Waals surface area contributed by atoms with Crippen molar-refractivity contribution in [2.24, 2.45) is 11.1 Å². The van der Waals surface area contributed by atoms with E-state index >= 15 is 0 Å². The van der Waals surface area contributed by atoms with Crippen LogP contribution >= 0.6 is 22.7 Å². The summed E-state index contributed by atoms with van der Waals surface area (Å²) in [7, 11) is -3.62. The number of anilines is 1. The average molecular weight is 391 g/mol. The van der Waals surface area contributed by atoms with E-state index in [1.807, 2.05) is 0 Å². The molecular weight excluding hydrogens is 372 g/mol. The predicted octanol–water partition coefficient (Wildman–Crippen LogP) is 4.38. The molecule has 2 aliphatic rings. The van der Waals surface area contributed by atoms with Crippen LogP contribution in [0.15, 0.2) is 58.1 Å². The summed E-state index contributed by atoms with van der Waals surface area (Å²) in [5.41, 5.74) is 2.06. The second-order valence-corrected chi connectivity index (χ2v) is 9.65. The van der Waals surface area contributed by atoms with E-state index in [1.54, 1.807) is 40.9 Å². The molecule has 25 heavy (non-hydrogen) atoms. The van der Waals surface area contributed by atoms with Gasteiger partial charge in [-0.1, -0.05) is 12.2 Å². The van der Waals surface area contributed by atoms with E-state index in [2.05, 4.69) is 40.4 Å². The second kappa shape index (κ2) is 6.57. The third-order valence-corrected chi connectivity index (χ3v) is 7.43. The van der Waals surface area contributed by atoms with Crippen LogP contribution in [0.3, 0.4) is 0 Å². The average Bonchev–Trinajstić information content (AvgIpc) is 3.30. The highest BCUT2D eigenvalue weighted by Gasteiger charge is 2.30. The van der Waals surface area contributed by atoms with Gasteiger partial charge in [0, 0.05) is 27.5 Å². The molecule has 3 aromatic rings. The van der Waals surface area contributed by atoms with Crippen LogP contribution in [-0.4, -0.2) is 15.0 Å². The van der Waals surface area contributed by atoms with Crippen LogP contribution < -0.4 is 10.5 Å². The molecule has 4 nitrogen and oxygen atoms in total. The van der Waals surface area contributed by atoms with Gasteiger partial charge in [0.1, 0.15) is 0 Å². The van der Waals surface area contributed by atoms with Crippen LogP contribution in [-0.2, 0) is 10.0 Å². The van der Waals surface area contributed by atoms with E-state index in [0.717, 1.165) is 24.2 Å². The van der Waals surface area contributed by atoms with E-state index in [9.17, 15) is 8.42 Å². The Morgan fingerprint density at radius 3 is 2.48 bits per heavy atom. The first-order valence-electron chi connectivity index (χ1n) is 8.00. The molecule has 0 bridgehead atoms. The summed E-state index contributed by atoms with van der Waals surface area (Å²) in [6.07, 6.45) is 5.38. The van der Waals surface area contributed by atoms with Crippen molar-refractivity contribution in [1.82, 2.24) is 0 Å². The molecule has 1 aliphatic heterocycles. The van der Waals surface area contributed by atoms with E-state index < -0.39 is 10.0 Å². The predicted molar refractivity (Wildman–Crippen MR) is 106 cm³/mol. The second-order valence-electron chi connectivity index (χ2n) is 6.19. The van der Waals surface area contributed by atoms with Crippen molar-refractivity contribution in [3.05, 3.63) is 58.8 Å². The highest BCUT2D eigenvalue weighted by molar-refractivity contribution is 7.89. The maximum Gasteiger partial charge on any atom is 0.238 e. The number of sulfonamides is 1. The summed E-state index contributed by atoms with van der Waals surface area (Å²) in [6.45, 7) is 0.944. The molecule has 0 amide bonds. The monoisotopic (exact) mass is 390 g/mol. The van der Waals surface area contributed by atoms with E-state index in [4.69, 9.17) is 5.14 Å². The van der Waals surface area contributed by atoms with E-state index in [1.165, 1.54) is 9.40 Å². The number of fused-ring (bicyclic) bond motifs is 4. The summed E-state index contributed by atoms with van der Waals surface area (Å²) >= 11 is 3.61. The molecule has 0 saturated carbocycles. The third-order valence-electron chi connectivity index (χ3n) is 4.63. The van der Waals surface area contributed by atoms with Gasteiger partial charge in [0.2, 0.25) is 10.0 Å². The molecule has 3 N–H and O–H groups in total. The van der Waals surface area contributed by atoms with Gasteiger partial charge in [-0.15, -0.1) is 22.7 Å². The fourth-order valence-electron chi connectivity index (χ4n) is 3.36. The number of nitrogens with two attached hydrogens (primary N) is 1. The molecule has 130 valence electrons. The molecule has 1 aromatic carbocycles. The Hall–Kier alpha value is -1.67. The molecule has 0 radical (unpaired) electrons. The standard InChI is InChI=1S/C12H14N2O2S.C6H4S2/c13-17(15,16)9-4-5-12-11(6-9)10-3-1-2-8(10)7-14-12;1-3-7-6-2-4-8-5(1)6/h1,3-6,8,10,14H,2,7H2,(H2,13,15,16);1-4H. The van der Waals surface area contributed by atoms with Crippen molar-refractivity contribution < 1.29 is 8.42 Å². The van der Waals surface area contributed by atoms with Crippen LogP contribution in [0.1, 0.15) is 17.9 Å². The number of primary sulfonamides is 1. The molecule has 2 atom stereocenters. The molecule has 0 saturated heterocycles. The van der Waals surface area contributed by atoms with Crippen LogP contribution in [0.25, 0.3) is 9.40 Å². The minimum atomic E-state index is -3.62. The Bertz CT molecular complexity index is 982. The van der Waals surface area contributed by atoms with Gasteiger partial charge in [-0.05, 0) is 59.0 Å². The number of nitrogens with one attached hydrogen (secondary N) is 1. The number of hydrogen-bond donors (Lipinski definition) is 2. The van der Waals surface area contributed by atoms with Crippen molar-refractivity contribution in [2.45, 2.75) is 17.2 Å². The molecular formula is C18H18N2O2S3. The highest BCUT2D eigenvalue weighted by atomic mass is 32.2. The Morgan fingerprint density at radius 1 is 1.08 bits per heavy atom. The Labute approximate surface area is 155 Å². The first-order chi connectivity index (χ1) is 12.0. The molecule has 1 aliphatic carbocycles. The summed E-state index contributed by atoms with van der Waals surface area (Å²) in [5, 5.41) is 12.8. The molecule has 2 aromatic heterocycles. The third kappa shape index (κ3) is 3.37. The van der Waals surface area contributed by atoms with Gasteiger partial charge >= 0.3 is 0 Å². The van der Waals surface area contributed by atoms with E-state index in [-0.39, 0.29) is 4.90 Å². The topological polar surface area (TPSA) is 72.2 Å². The first kappa shape index (κ1) is 16.8. The number of thiophene rings is 2. The molecule has 3 heterocycles. The lowest BCUT2D eigenvalue weighted by Crippen LogP contribution is -2.25. The highest BCUT2D eigenvalue weighted by Crippen LogP contribution is 2.42. The minimum absolute atomic E-state index is 0.194. The van der Waals surface area contributed by atoms with Crippen LogP contribution in [0.4, 0.5) is 5.69 Å². The fraction of sp³-hybridized carbons (Fsp3) is 0.222. The molecule has 5 rings (SSSR count). The lowest BCUT2D eigenvalue weighted by atomic mass is 9.85. The van der Waals surface area contributed by atoms with Gasteiger partial charge in [-0.2, -0.15) is 0 Å². The van der Waals surface area contributed by atoms with Crippen molar-refractivity contribution in [3.8, 4) is 0 Å². The Kier molecular flexibility index (Phi) is 4.41. The van der Waals surface area contributed by atoms with Gasteiger partial charge in [0.15, 0.2) is 0 Å². The van der Waals surface area contributed by atoms with Gasteiger partial charge < -0.3 is 5.32 Å². The van der Waals surface area contributed by atoms with Crippen LogP contribution in [0.2, 0.25) is 0 Å². The minimum Gasteiger partial charge on any atom is -0.384 e. The normalized spacial score (nSPS) is 21.2. The fourth-order valence-corrected chi connectivity index (χ4v) is 5.74. The number of benzene rings is 1. The SMILES string of the molecule is NS(=O)(=O)c1ccc2c(c1)C1C=CCC1CN2.c1cc2sccc2s1. The Morgan fingerprint density at radius 2 is 1.80 bits per heavy atom. The largest absolute Gasteiger partial charge is 0.384 e. The van der Waals surface area contributed by atoms with E-state index in [0.29, 0.717) is 11.8 Å². The van der Waals surface area contributed by atoms with Gasteiger partial charge in [0.05, 0.1) is 4.90 Å². The number of hydrogen-bond acceptors (Lipinski definition) is 5. The van der Waals surface area contributed by atoms with Crippen molar-refractivity contribution in [2.75, 3.05) is 11.9 Å². The number of rotatable bonds is 1. The lowest BCUT2D eigenvalue weighted by Gasteiger charge is -2.29. The van der Waals surface area contributed by atoms with Crippen molar-refractivity contribution in [1.29, 1.82) is 0 Å². The maximum atomic E-state index is 11.4. The maximum absolute atomic E-state index is 11.4. The first-order valence-corrected chi connectivity index (χ1v) is 11.3. The van der Waals surface area contributed by atoms with Gasteiger partial charge in [-0.3, -0.25) is 0 Å². The zero-order valence-electron chi connectivity index (χ0n) is 13.4. The number of allylic oxidation sites excluding steroid dienone is 2. The van der Waals surface area contributed by atoms with Crippen molar-refractivity contribution >= 4 is 47.8 Å². The smallest absolute Gasteiger partial charge is 0.238 e. The van der Waals surface area contributed by atoms with Crippen LogP contribution in [0.5, 0.6) is 0 Å². The summed E-state index contributed by atoms with van der Waals surface area (Å²) < 4.78 is 25.5. The molecule has 0 fully saturated rings. The van der Waals surface area contributed by atoms with Gasteiger partial charge in [-0.25, -0.2) is 13.6 Å². The molecule has 2 unspecified atom stereocenters. The summed E-state index contributed by atoms with van der Waals surface area (Å²) in [4.78, 5) is 0.194. The lowest BCUT2D eigenvalue weighted by molar-refractivity contribution is 0.521. The molecule has 7 heteroatoms. The van der Waals surface area contributed by atoms with Crippen molar-refractivity contribution in [3.63, 3.8) is 0 Å².